The van der Waals surface area contributed by atoms with Crippen LogP contribution in [0.15, 0.2) is 51.8 Å². The van der Waals surface area contributed by atoms with Crippen LogP contribution in [-0.4, -0.2) is 11.7 Å². The molecule has 0 bridgehead atoms. The molecule has 108 valence electrons. The lowest BCUT2D eigenvalue weighted by atomic mass is 10.0. The van der Waals surface area contributed by atoms with Gasteiger partial charge in [0.1, 0.15) is 5.82 Å². The number of thioether (sulfide) groups is 1. The van der Waals surface area contributed by atoms with Gasteiger partial charge in [0.25, 0.3) is 5.91 Å². The first-order valence-electron chi connectivity index (χ1n) is 6.63. The van der Waals surface area contributed by atoms with E-state index in [1.807, 2.05) is 18.2 Å². The highest BCUT2D eigenvalue weighted by Gasteiger charge is 2.23. The standard InChI is InChI=1S/C16H13BrFNOS/c17-10-5-6-11(13(18)9-10)16(20)19-14-7-8-21-15-4-2-1-3-12(14)15/h1-6,9,14H,7-8H2,(H,19,20). The molecule has 1 aliphatic rings. The monoisotopic (exact) mass is 365 g/mol. The molecule has 0 saturated carbocycles. The molecule has 2 aromatic carbocycles. The van der Waals surface area contributed by atoms with Gasteiger partial charge in [-0.15, -0.1) is 11.8 Å². The van der Waals surface area contributed by atoms with Crippen molar-refractivity contribution in [3.05, 3.63) is 63.9 Å². The summed E-state index contributed by atoms with van der Waals surface area (Å²) in [7, 11) is 0. The van der Waals surface area contributed by atoms with Gasteiger partial charge in [0.05, 0.1) is 11.6 Å². The summed E-state index contributed by atoms with van der Waals surface area (Å²) in [4.78, 5) is 13.5. The molecule has 1 unspecified atom stereocenters. The molecule has 3 rings (SSSR count). The van der Waals surface area contributed by atoms with Gasteiger partial charge >= 0.3 is 0 Å². The highest BCUT2D eigenvalue weighted by Crippen LogP contribution is 2.36. The molecule has 1 aliphatic heterocycles. The van der Waals surface area contributed by atoms with Crippen molar-refractivity contribution in [3.8, 4) is 0 Å². The highest BCUT2D eigenvalue weighted by molar-refractivity contribution is 9.10. The number of halogens is 2. The van der Waals surface area contributed by atoms with Crippen LogP contribution in [0.2, 0.25) is 0 Å². The van der Waals surface area contributed by atoms with Crippen LogP contribution in [0.5, 0.6) is 0 Å². The number of hydrogen-bond acceptors (Lipinski definition) is 2. The van der Waals surface area contributed by atoms with Crippen LogP contribution in [0.4, 0.5) is 4.39 Å². The number of carbonyl (C=O) groups excluding carboxylic acids is 1. The van der Waals surface area contributed by atoms with Gasteiger partial charge in [-0.05, 0) is 36.2 Å². The lowest BCUT2D eigenvalue weighted by Gasteiger charge is -2.26. The van der Waals surface area contributed by atoms with Crippen molar-refractivity contribution in [2.45, 2.75) is 17.4 Å². The topological polar surface area (TPSA) is 29.1 Å². The summed E-state index contributed by atoms with van der Waals surface area (Å²) in [6.07, 6.45) is 0.853. The van der Waals surface area contributed by atoms with E-state index in [1.54, 1.807) is 17.8 Å². The predicted molar refractivity (Wildman–Crippen MR) is 86.1 cm³/mol. The lowest BCUT2D eigenvalue weighted by molar-refractivity contribution is 0.0931. The molecule has 0 aliphatic carbocycles. The molecule has 0 radical (unpaired) electrons. The number of hydrogen-bond donors (Lipinski definition) is 1. The summed E-state index contributed by atoms with van der Waals surface area (Å²) >= 11 is 4.98. The molecule has 0 fully saturated rings. The zero-order chi connectivity index (χ0) is 14.8. The second-order valence-corrected chi connectivity index (χ2v) is 6.88. The number of amides is 1. The van der Waals surface area contributed by atoms with E-state index in [-0.39, 0.29) is 17.5 Å². The van der Waals surface area contributed by atoms with E-state index in [1.165, 1.54) is 17.0 Å². The Morgan fingerprint density at radius 2 is 2.10 bits per heavy atom. The highest BCUT2D eigenvalue weighted by atomic mass is 79.9. The number of carbonyl (C=O) groups is 1. The average Bonchev–Trinajstić information content (AvgIpc) is 2.47. The van der Waals surface area contributed by atoms with Crippen molar-refractivity contribution in [2.75, 3.05) is 5.75 Å². The smallest absolute Gasteiger partial charge is 0.254 e. The molecular formula is C16H13BrFNOS. The summed E-state index contributed by atoms with van der Waals surface area (Å²) in [5.74, 6) is 0.0668. The van der Waals surface area contributed by atoms with E-state index in [0.717, 1.165) is 17.7 Å². The van der Waals surface area contributed by atoms with Gasteiger partial charge in [0.15, 0.2) is 0 Å². The summed E-state index contributed by atoms with van der Waals surface area (Å²) < 4.78 is 14.5. The maximum atomic E-state index is 13.9. The third-order valence-corrected chi connectivity index (χ3v) is 5.06. The third-order valence-electron chi connectivity index (χ3n) is 3.44. The minimum Gasteiger partial charge on any atom is -0.345 e. The maximum Gasteiger partial charge on any atom is 0.254 e. The first kappa shape index (κ1) is 14.6. The number of nitrogens with one attached hydrogen (secondary N) is 1. The van der Waals surface area contributed by atoms with Crippen LogP contribution in [0.3, 0.4) is 0 Å². The second kappa shape index (κ2) is 6.20. The zero-order valence-electron chi connectivity index (χ0n) is 11.1. The summed E-state index contributed by atoms with van der Waals surface area (Å²) in [6.45, 7) is 0. The van der Waals surface area contributed by atoms with E-state index in [2.05, 4.69) is 27.3 Å². The Bertz CT molecular complexity index is 692. The molecular weight excluding hydrogens is 353 g/mol. The van der Waals surface area contributed by atoms with Crippen molar-refractivity contribution in [1.29, 1.82) is 0 Å². The Morgan fingerprint density at radius 1 is 1.29 bits per heavy atom. The molecule has 2 nitrogen and oxygen atoms in total. The minimum atomic E-state index is -0.514. The molecule has 1 N–H and O–H groups in total. The minimum absolute atomic E-state index is 0.0574. The van der Waals surface area contributed by atoms with Gasteiger partial charge in [0.2, 0.25) is 0 Å². The van der Waals surface area contributed by atoms with Crippen LogP contribution >= 0.6 is 27.7 Å². The lowest BCUT2D eigenvalue weighted by Crippen LogP contribution is -2.31. The van der Waals surface area contributed by atoms with Crippen molar-refractivity contribution < 1.29 is 9.18 Å². The van der Waals surface area contributed by atoms with E-state index in [0.29, 0.717) is 4.47 Å². The molecule has 2 aromatic rings. The fourth-order valence-corrected chi connectivity index (χ4v) is 3.86. The largest absolute Gasteiger partial charge is 0.345 e. The van der Waals surface area contributed by atoms with Gasteiger partial charge in [0, 0.05) is 15.1 Å². The number of fused-ring (bicyclic) bond motifs is 1. The molecule has 5 heteroatoms. The molecule has 1 heterocycles. The Hall–Kier alpha value is -1.33. The Balaban J connectivity index is 1.83. The van der Waals surface area contributed by atoms with E-state index < -0.39 is 5.82 Å². The predicted octanol–water partition coefficient (Wildman–Crippen LogP) is 4.56. The van der Waals surface area contributed by atoms with Gasteiger partial charge in [-0.2, -0.15) is 0 Å². The quantitative estimate of drug-likeness (QED) is 0.845. The van der Waals surface area contributed by atoms with E-state index in [4.69, 9.17) is 0 Å². The van der Waals surface area contributed by atoms with Crippen molar-refractivity contribution in [1.82, 2.24) is 5.32 Å². The normalized spacial score (nSPS) is 17.1. The summed E-state index contributed by atoms with van der Waals surface area (Å²) in [5.41, 5.74) is 1.19. The van der Waals surface area contributed by atoms with Crippen LogP contribution < -0.4 is 5.32 Å². The Labute approximate surface area is 135 Å². The van der Waals surface area contributed by atoms with Crippen LogP contribution in [0.25, 0.3) is 0 Å². The zero-order valence-corrected chi connectivity index (χ0v) is 13.5. The molecule has 0 aromatic heterocycles. The molecule has 0 spiro atoms. The summed E-state index contributed by atoms with van der Waals surface area (Å²) in [5, 5.41) is 2.94. The van der Waals surface area contributed by atoms with Crippen molar-refractivity contribution >= 4 is 33.6 Å². The van der Waals surface area contributed by atoms with Gasteiger partial charge in [-0.3, -0.25) is 4.79 Å². The molecule has 0 saturated heterocycles. The number of benzene rings is 2. The fourth-order valence-electron chi connectivity index (χ4n) is 2.40. The van der Waals surface area contributed by atoms with E-state index in [9.17, 15) is 9.18 Å². The van der Waals surface area contributed by atoms with Crippen molar-refractivity contribution in [2.24, 2.45) is 0 Å². The first-order valence-corrected chi connectivity index (χ1v) is 8.40. The summed E-state index contributed by atoms with van der Waals surface area (Å²) in [6, 6.07) is 12.4. The SMILES string of the molecule is O=C(NC1CCSc2ccccc21)c1ccc(Br)cc1F. The number of rotatable bonds is 2. The second-order valence-electron chi connectivity index (χ2n) is 4.83. The first-order chi connectivity index (χ1) is 10.1. The average molecular weight is 366 g/mol. The van der Waals surface area contributed by atoms with Gasteiger partial charge in [-0.25, -0.2) is 4.39 Å². The van der Waals surface area contributed by atoms with E-state index >= 15 is 0 Å². The fraction of sp³-hybridized carbons (Fsp3) is 0.188. The molecule has 1 atom stereocenters. The maximum absolute atomic E-state index is 13.9. The van der Waals surface area contributed by atoms with Crippen LogP contribution in [0.1, 0.15) is 28.4 Å². The van der Waals surface area contributed by atoms with Crippen molar-refractivity contribution in [3.63, 3.8) is 0 Å². The Morgan fingerprint density at radius 3 is 2.90 bits per heavy atom. The molecule has 1 amide bonds. The third kappa shape index (κ3) is 3.14. The van der Waals surface area contributed by atoms with Gasteiger partial charge < -0.3 is 5.32 Å². The van der Waals surface area contributed by atoms with Crippen LogP contribution in [0, 0.1) is 5.82 Å². The Kier molecular flexibility index (Phi) is 4.31. The van der Waals surface area contributed by atoms with Crippen LogP contribution in [-0.2, 0) is 0 Å². The molecule has 21 heavy (non-hydrogen) atoms. The van der Waals surface area contributed by atoms with Gasteiger partial charge in [-0.1, -0.05) is 34.1 Å².